The van der Waals surface area contributed by atoms with Gasteiger partial charge in [-0.15, -0.1) is 0 Å². The lowest BCUT2D eigenvalue weighted by atomic mass is 10.0. The van der Waals surface area contributed by atoms with E-state index in [1.54, 1.807) is 12.1 Å². The molecule has 1 aliphatic carbocycles. The molecule has 1 aromatic carbocycles. The smallest absolute Gasteiger partial charge is 0.431 e. The molecule has 0 bridgehead atoms. The number of H-pyrrole nitrogens is 1. The third-order valence-corrected chi connectivity index (χ3v) is 5.86. The molecule has 2 aliphatic rings. The lowest BCUT2D eigenvalue weighted by molar-refractivity contribution is -0.192. The maximum absolute atomic E-state index is 13.5. The summed E-state index contributed by atoms with van der Waals surface area (Å²) < 4.78 is 63.3. The normalized spacial score (nSPS) is 22.1. The molecule has 2 atom stereocenters. The molecule has 8 nitrogen and oxygen atoms in total. The zero-order chi connectivity index (χ0) is 23.8. The Bertz CT molecular complexity index is 1080. The Labute approximate surface area is 186 Å². The minimum absolute atomic E-state index is 0.126. The van der Waals surface area contributed by atoms with Crippen LogP contribution in [-0.4, -0.2) is 55.6 Å². The quantitative estimate of drug-likeness (QED) is 0.646. The van der Waals surface area contributed by atoms with E-state index in [-0.39, 0.29) is 35.5 Å². The second-order valence-corrected chi connectivity index (χ2v) is 8.05. The van der Waals surface area contributed by atoms with Crippen molar-refractivity contribution in [2.45, 2.75) is 36.8 Å². The number of alkyl halides is 3. The third-order valence-electron chi connectivity index (χ3n) is 5.86. The molecule has 0 radical (unpaired) electrons. The van der Waals surface area contributed by atoms with Gasteiger partial charge in [-0.25, -0.2) is 0 Å². The number of primary amides is 1. The van der Waals surface area contributed by atoms with Crippen molar-refractivity contribution in [2.24, 2.45) is 5.73 Å². The number of benzene rings is 1. The molecular formula is C22H23F3N2O6. The number of amides is 1. The van der Waals surface area contributed by atoms with Gasteiger partial charge in [0, 0.05) is 12.7 Å². The number of hydrogen-bond acceptors (Lipinski definition) is 6. The summed E-state index contributed by atoms with van der Waals surface area (Å²) >= 11 is 0. The first-order chi connectivity index (χ1) is 15.6. The number of aromatic nitrogens is 1. The van der Waals surface area contributed by atoms with Crippen LogP contribution in [0.5, 0.6) is 5.75 Å². The first kappa shape index (κ1) is 23.3. The van der Waals surface area contributed by atoms with Crippen LogP contribution in [0.4, 0.5) is 13.2 Å². The van der Waals surface area contributed by atoms with E-state index in [0.717, 1.165) is 18.9 Å². The molecule has 1 aliphatic heterocycles. The fourth-order valence-electron chi connectivity index (χ4n) is 3.85. The van der Waals surface area contributed by atoms with Crippen molar-refractivity contribution in [2.75, 3.05) is 26.9 Å². The van der Waals surface area contributed by atoms with Gasteiger partial charge in [0.1, 0.15) is 35.8 Å². The van der Waals surface area contributed by atoms with Crippen LogP contribution in [0.25, 0.3) is 11.1 Å². The van der Waals surface area contributed by atoms with Gasteiger partial charge in [0.05, 0.1) is 18.8 Å². The van der Waals surface area contributed by atoms with Gasteiger partial charge in [-0.2, -0.15) is 13.2 Å². The highest BCUT2D eigenvalue weighted by molar-refractivity contribution is 5.94. The van der Waals surface area contributed by atoms with Gasteiger partial charge in [-0.3, -0.25) is 9.59 Å². The number of methoxy groups -OCH3 is 1. The van der Waals surface area contributed by atoms with Crippen LogP contribution in [0.15, 0.2) is 35.1 Å². The molecule has 1 aromatic heterocycles. The lowest BCUT2D eigenvalue weighted by Crippen LogP contribution is -2.47. The third kappa shape index (κ3) is 4.90. The maximum Gasteiger partial charge on any atom is 0.431 e. The molecule has 33 heavy (non-hydrogen) atoms. The highest BCUT2D eigenvalue weighted by Crippen LogP contribution is 2.44. The molecule has 0 spiro atoms. The zero-order valence-electron chi connectivity index (χ0n) is 17.7. The number of rotatable bonds is 7. The van der Waals surface area contributed by atoms with E-state index < -0.39 is 28.9 Å². The minimum atomic E-state index is -4.84. The summed E-state index contributed by atoms with van der Waals surface area (Å²) in [4.78, 5) is 25.0. The minimum Gasteiger partial charge on any atom is -0.491 e. The first-order valence-electron chi connectivity index (χ1n) is 10.3. The Balaban J connectivity index is 1.48. The van der Waals surface area contributed by atoms with Crippen molar-refractivity contribution in [1.29, 1.82) is 0 Å². The van der Waals surface area contributed by atoms with Crippen molar-refractivity contribution in [3.63, 3.8) is 0 Å². The summed E-state index contributed by atoms with van der Waals surface area (Å²) in [7, 11) is 1.65. The fourth-order valence-corrected chi connectivity index (χ4v) is 3.85. The predicted octanol–water partition coefficient (Wildman–Crippen LogP) is 2.50. The summed E-state index contributed by atoms with van der Waals surface area (Å²) in [5, 5.41) is 0. The maximum atomic E-state index is 13.5. The Kier molecular flexibility index (Phi) is 6.21. The number of nitrogens with one attached hydrogen (secondary N) is 1. The number of hydrogen-bond donors (Lipinski definition) is 2. The number of aromatic amines is 1. The SMILES string of the molecule is COC1(C2COCC(COc3ccc(-c4cc(C(N)=O)c(=O)[nH]c4C(F)(F)F)cc3)O2)CC1. The van der Waals surface area contributed by atoms with Crippen molar-refractivity contribution < 1.29 is 36.9 Å². The Hall–Kier alpha value is -2.89. The van der Waals surface area contributed by atoms with Crippen molar-refractivity contribution in [3.05, 3.63) is 51.9 Å². The van der Waals surface area contributed by atoms with Gasteiger partial charge in [0.25, 0.3) is 11.5 Å². The predicted molar refractivity (Wildman–Crippen MR) is 110 cm³/mol. The van der Waals surface area contributed by atoms with Crippen LogP contribution in [0, 0.1) is 0 Å². The summed E-state index contributed by atoms with van der Waals surface area (Å²) in [5.74, 6) is -0.717. The van der Waals surface area contributed by atoms with Gasteiger partial charge in [-0.05, 0) is 36.6 Å². The molecule has 2 heterocycles. The highest BCUT2D eigenvalue weighted by atomic mass is 19.4. The number of ether oxygens (including phenoxy) is 4. The summed E-state index contributed by atoms with van der Waals surface area (Å²) in [5.41, 5.74) is 1.54. The van der Waals surface area contributed by atoms with E-state index in [1.807, 2.05) is 0 Å². The summed E-state index contributed by atoms with van der Waals surface area (Å²) in [6.45, 7) is 0.998. The number of carbonyl (C=O) groups is 1. The average Bonchev–Trinajstić information content (AvgIpc) is 3.59. The van der Waals surface area contributed by atoms with E-state index in [0.29, 0.717) is 19.0 Å². The Morgan fingerprint density at radius 3 is 2.52 bits per heavy atom. The van der Waals surface area contributed by atoms with Crippen LogP contribution in [0.3, 0.4) is 0 Å². The van der Waals surface area contributed by atoms with Gasteiger partial charge in [0.2, 0.25) is 0 Å². The monoisotopic (exact) mass is 468 g/mol. The molecule has 1 saturated heterocycles. The largest absolute Gasteiger partial charge is 0.491 e. The summed E-state index contributed by atoms with van der Waals surface area (Å²) in [6.07, 6.45) is -3.50. The van der Waals surface area contributed by atoms with Gasteiger partial charge in [0.15, 0.2) is 0 Å². The van der Waals surface area contributed by atoms with Crippen molar-refractivity contribution in [1.82, 2.24) is 4.98 Å². The Morgan fingerprint density at radius 1 is 1.24 bits per heavy atom. The fraction of sp³-hybridized carbons (Fsp3) is 0.455. The zero-order valence-corrected chi connectivity index (χ0v) is 17.7. The molecule has 2 fully saturated rings. The standard InChI is InChI=1S/C22H23F3N2O6/c1-30-21(6-7-21)17-11-31-9-14(33-17)10-32-13-4-2-12(3-5-13)15-8-16(19(26)28)20(29)27-18(15)22(23,24)25/h2-5,8,14,17H,6-7,9-11H2,1H3,(H2,26,28)(H,27,29). The van der Waals surface area contributed by atoms with Gasteiger partial charge in [-0.1, -0.05) is 12.1 Å². The molecule has 2 aromatic rings. The second-order valence-electron chi connectivity index (χ2n) is 8.05. The molecule has 4 rings (SSSR count). The van der Waals surface area contributed by atoms with Crippen LogP contribution in [-0.2, 0) is 20.4 Å². The van der Waals surface area contributed by atoms with E-state index in [4.69, 9.17) is 24.7 Å². The molecule has 3 N–H and O–H groups in total. The van der Waals surface area contributed by atoms with Crippen LogP contribution < -0.4 is 16.0 Å². The highest BCUT2D eigenvalue weighted by Gasteiger charge is 2.52. The number of pyridine rings is 1. The summed E-state index contributed by atoms with van der Waals surface area (Å²) in [6, 6.07) is 6.62. The van der Waals surface area contributed by atoms with Gasteiger partial charge >= 0.3 is 6.18 Å². The first-order valence-corrected chi connectivity index (χ1v) is 10.3. The lowest BCUT2D eigenvalue weighted by Gasteiger charge is -2.34. The second kappa shape index (κ2) is 8.81. The Morgan fingerprint density at radius 2 is 1.94 bits per heavy atom. The van der Waals surface area contributed by atoms with Crippen LogP contribution in [0.2, 0.25) is 0 Å². The molecule has 11 heteroatoms. The molecule has 2 unspecified atom stereocenters. The van der Waals surface area contributed by atoms with E-state index >= 15 is 0 Å². The number of carbonyl (C=O) groups excluding carboxylic acids is 1. The van der Waals surface area contributed by atoms with Crippen molar-refractivity contribution >= 4 is 5.91 Å². The van der Waals surface area contributed by atoms with E-state index in [2.05, 4.69) is 0 Å². The van der Waals surface area contributed by atoms with Crippen LogP contribution in [0.1, 0.15) is 28.9 Å². The van der Waals surface area contributed by atoms with Gasteiger partial charge < -0.3 is 29.7 Å². The molecule has 1 saturated carbocycles. The average molecular weight is 468 g/mol. The van der Waals surface area contributed by atoms with E-state index in [1.165, 1.54) is 24.3 Å². The van der Waals surface area contributed by atoms with E-state index in [9.17, 15) is 22.8 Å². The topological polar surface area (TPSA) is 113 Å². The number of halogens is 3. The van der Waals surface area contributed by atoms with Crippen LogP contribution >= 0.6 is 0 Å². The van der Waals surface area contributed by atoms with Crippen molar-refractivity contribution in [3.8, 4) is 16.9 Å². The molecule has 178 valence electrons. The number of nitrogens with two attached hydrogens (primary N) is 1. The molecule has 1 amide bonds. The molecular weight excluding hydrogens is 445 g/mol.